The molecule has 0 heterocycles. The van der Waals surface area contributed by atoms with Crippen molar-refractivity contribution in [2.75, 3.05) is 13.8 Å². The van der Waals surface area contributed by atoms with Gasteiger partial charge in [-0.25, -0.2) is 4.39 Å². The molecule has 16 heavy (non-hydrogen) atoms. The van der Waals surface area contributed by atoms with Crippen LogP contribution < -0.4 is 5.73 Å². The molecule has 0 saturated carbocycles. The van der Waals surface area contributed by atoms with Crippen LogP contribution in [0, 0.1) is 5.41 Å². The zero-order chi connectivity index (χ0) is 12.1. The number of hydrogen-bond donors (Lipinski definition) is 2. The number of rotatable bonds is 5. The Morgan fingerprint density at radius 1 is 1.44 bits per heavy atom. The second kappa shape index (κ2) is 5.72. The molecule has 0 bridgehead atoms. The highest BCUT2D eigenvalue weighted by molar-refractivity contribution is 5.96. The van der Waals surface area contributed by atoms with Crippen LogP contribution >= 0.6 is 0 Å². The molecule has 88 valence electrons. The lowest BCUT2D eigenvalue weighted by atomic mass is 10.0. The van der Waals surface area contributed by atoms with Crippen molar-refractivity contribution in [1.82, 2.24) is 0 Å². The quantitative estimate of drug-likeness (QED) is 0.752. The second-order valence-electron chi connectivity index (χ2n) is 3.72. The fraction of sp³-hybridized carbons (Fsp3) is 0.417. The summed E-state index contributed by atoms with van der Waals surface area (Å²) in [6.07, 6.45) is -0.440. The van der Waals surface area contributed by atoms with Crippen LogP contribution in [0.2, 0.25) is 0 Å². The Bertz CT molecular complexity index is 351. The lowest BCUT2D eigenvalue weighted by Crippen LogP contribution is -2.31. The van der Waals surface area contributed by atoms with E-state index in [4.69, 9.17) is 15.9 Å². The van der Waals surface area contributed by atoms with Crippen LogP contribution in [0.15, 0.2) is 24.3 Å². The molecule has 0 radical (unpaired) electrons. The highest BCUT2D eigenvalue weighted by Crippen LogP contribution is 2.20. The third-order valence-corrected chi connectivity index (χ3v) is 2.49. The first-order valence-electron chi connectivity index (χ1n) is 5.10. The van der Waals surface area contributed by atoms with E-state index in [9.17, 15) is 4.39 Å². The van der Waals surface area contributed by atoms with Crippen LogP contribution in [0.5, 0.6) is 0 Å². The van der Waals surface area contributed by atoms with E-state index in [1.54, 1.807) is 6.92 Å². The number of ether oxygens (including phenoxy) is 1. The van der Waals surface area contributed by atoms with Crippen LogP contribution in [-0.2, 0) is 4.74 Å². The van der Waals surface area contributed by atoms with Gasteiger partial charge < -0.3 is 15.9 Å². The lowest BCUT2D eigenvalue weighted by Gasteiger charge is -2.20. The van der Waals surface area contributed by atoms with Crippen molar-refractivity contribution in [1.29, 1.82) is 5.41 Å². The SMILES string of the molecule is CO[C@H](c1ccc(C(C)=N)cc1)[C@H](N)CF. The Hall–Kier alpha value is -1.26. The molecular formula is C12H17FN2O. The topological polar surface area (TPSA) is 59.1 Å². The van der Waals surface area contributed by atoms with E-state index in [-0.39, 0.29) is 0 Å². The molecule has 0 aliphatic heterocycles. The standard InChI is InChI=1S/C12H17FN2O/c1-8(14)9-3-5-10(6-4-9)12(16-2)11(15)7-13/h3-6,11-12,14H,7,15H2,1-2H3/t11-,12-/m1/s1. The first-order chi connectivity index (χ1) is 7.60. The van der Waals surface area contributed by atoms with E-state index in [0.717, 1.165) is 11.1 Å². The van der Waals surface area contributed by atoms with Gasteiger partial charge in [0.25, 0.3) is 0 Å². The van der Waals surface area contributed by atoms with E-state index >= 15 is 0 Å². The number of nitrogens with one attached hydrogen (secondary N) is 1. The zero-order valence-electron chi connectivity index (χ0n) is 9.53. The van der Waals surface area contributed by atoms with Crippen molar-refractivity contribution in [3.63, 3.8) is 0 Å². The summed E-state index contributed by atoms with van der Waals surface area (Å²) in [5, 5.41) is 7.46. The van der Waals surface area contributed by atoms with Crippen LogP contribution in [0.25, 0.3) is 0 Å². The second-order valence-corrected chi connectivity index (χ2v) is 3.72. The van der Waals surface area contributed by atoms with E-state index in [2.05, 4.69) is 0 Å². The normalized spacial score (nSPS) is 14.5. The molecule has 1 aromatic carbocycles. The summed E-state index contributed by atoms with van der Waals surface area (Å²) in [6.45, 7) is 1.10. The minimum absolute atomic E-state index is 0.440. The van der Waals surface area contributed by atoms with Gasteiger partial charge in [0.15, 0.2) is 0 Å². The largest absolute Gasteiger partial charge is 0.375 e. The molecule has 0 saturated heterocycles. The molecule has 0 amide bonds. The summed E-state index contributed by atoms with van der Waals surface area (Å²) in [5.41, 5.74) is 7.78. The van der Waals surface area contributed by atoms with Crippen molar-refractivity contribution in [3.8, 4) is 0 Å². The van der Waals surface area contributed by atoms with Crippen LogP contribution in [-0.4, -0.2) is 25.5 Å². The maximum Gasteiger partial charge on any atom is 0.107 e. The fourth-order valence-corrected chi connectivity index (χ4v) is 1.56. The third kappa shape index (κ3) is 2.87. The maximum absolute atomic E-state index is 12.5. The Kier molecular flexibility index (Phi) is 4.58. The number of methoxy groups -OCH3 is 1. The van der Waals surface area contributed by atoms with Gasteiger partial charge in [-0.2, -0.15) is 0 Å². The average Bonchev–Trinajstić information content (AvgIpc) is 2.30. The lowest BCUT2D eigenvalue weighted by molar-refractivity contribution is 0.0721. The van der Waals surface area contributed by atoms with Gasteiger partial charge in [0.1, 0.15) is 6.67 Å². The van der Waals surface area contributed by atoms with Crippen molar-refractivity contribution in [2.45, 2.75) is 19.1 Å². The molecular weight excluding hydrogens is 207 g/mol. The van der Waals surface area contributed by atoms with Gasteiger partial charge in [0.05, 0.1) is 12.1 Å². The molecule has 0 spiro atoms. The van der Waals surface area contributed by atoms with Gasteiger partial charge in [-0.3, -0.25) is 0 Å². The van der Waals surface area contributed by atoms with Gasteiger partial charge in [0.2, 0.25) is 0 Å². The first kappa shape index (κ1) is 12.8. The Morgan fingerprint density at radius 3 is 2.38 bits per heavy atom. The predicted octanol–water partition coefficient (Wildman–Crippen LogP) is 2.06. The predicted molar refractivity (Wildman–Crippen MR) is 62.6 cm³/mol. The van der Waals surface area contributed by atoms with Crippen molar-refractivity contribution in [3.05, 3.63) is 35.4 Å². The molecule has 2 atom stereocenters. The number of nitrogens with two attached hydrogens (primary N) is 1. The summed E-state index contributed by atoms with van der Waals surface area (Å²) in [4.78, 5) is 0. The number of benzene rings is 1. The van der Waals surface area contributed by atoms with E-state index in [1.807, 2.05) is 24.3 Å². The van der Waals surface area contributed by atoms with E-state index in [0.29, 0.717) is 5.71 Å². The average molecular weight is 224 g/mol. The van der Waals surface area contributed by atoms with E-state index < -0.39 is 18.8 Å². The molecule has 3 N–H and O–H groups in total. The van der Waals surface area contributed by atoms with Crippen molar-refractivity contribution >= 4 is 5.71 Å². The fourth-order valence-electron chi connectivity index (χ4n) is 1.56. The maximum atomic E-state index is 12.5. The molecule has 3 nitrogen and oxygen atoms in total. The van der Waals surface area contributed by atoms with E-state index in [1.165, 1.54) is 7.11 Å². The molecule has 0 fully saturated rings. The summed E-state index contributed by atoms with van der Waals surface area (Å²) < 4.78 is 17.6. The number of halogens is 1. The third-order valence-electron chi connectivity index (χ3n) is 2.49. The van der Waals surface area contributed by atoms with Gasteiger partial charge >= 0.3 is 0 Å². The highest BCUT2D eigenvalue weighted by Gasteiger charge is 2.19. The molecule has 0 aliphatic rings. The minimum atomic E-state index is -0.656. The van der Waals surface area contributed by atoms with Crippen molar-refractivity contribution in [2.24, 2.45) is 5.73 Å². The van der Waals surface area contributed by atoms with Crippen molar-refractivity contribution < 1.29 is 9.13 Å². The first-order valence-corrected chi connectivity index (χ1v) is 5.10. The smallest absolute Gasteiger partial charge is 0.107 e. The zero-order valence-corrected chi connectivity index (χ0v) is 9.53. The summed E-state index contributed by atoms with van der Waals surface area (Å²) >= 11 is 0. The Balaban J connectivity index is 2.90. The van der Waals surface area contributed by atoms with Crippen LogP contribution in [0.1, 0.15) is 24.2 Å². The summed E-state index contributed by atoms with van der Waals surface area (Å²) in [7, 11) is 1.51. The van der Waals surface area contributed by atoms with Gasteiger partial charge in [-0.05, 0) is 18.1 Å². The number of hydrogen-bond acceptors (Lipinski definition) is 3. The Morgan fingerprint density at radius 2 is 2.00 bits per heavy atom. The van der Waals surface area contributed by atoms with Gasteiger partial charge in [-0.1, -0.05) is 24.3 Å². The molecule has 0 aliphatic carbocycles. The van der Waals surface area contributed by atoms with Gasteiger partial charge in [-0.15, -0.1) is 0 Å². The molecule has 0 unspecified atom stereocenters. The highest BCUT2D eigenvalue weighted by atomic mass is 19.1. The monoisotopic (exact) mass is 224 g/mol. The summed E-state index contributed by atoms with van der Waals surface area (Å²) in [6, 6.07) is 6.61. The number of alkyl halides is 1. The van der Waals surface area contributed by atoms with Crippen LogP contribution in [0.3, 0.4) is 0 Å². The Labute approximate surface area is 94.9 Å². The summed E-state index contributed by atoms with van der Waals surface area (Å²) in [5.74, 6) is 0. The molecule has 1 aromatic rings. The van der Waals surface area contributed by atoms with Crippen LogP contribution in [0.4, 0.5) is 4.39 Å². The molecule has 1 rings (SSSR count). The molecule has 0 aromatic heterocycles. The minimum Gasteiger partial charge on any atom is -0.375 e. The molecule has 4 heteroatoms. The van der Waals surface area contributed by atoms with Gasteiger partial charge in [0, 0.05) is 12.8 Å².